The van der Waals surface area contributed by atoms with Crippen LogP contribution >= 0.6 is 0 Å². The van der Waals surface area contributed by atoms with Crippen LogP contribution in [0.15, 0.2) is 46.2 Å². The van der Waals surface area contributed by atoms with Gasteiger partial charge in [0.2, 0.25) is 0 Å². The number of nitrogens with one attached hydrogen (secondary N) is 1. The van der Waals surface area contributed by atoms with E-state index in [2.05, 4.69) is 9.97 Å². The number of imidazole rings is 1. The molecule has 2 heterocycles. The third kappa shape index (κ3) is 2.49. The van der Waals surface area contributed by atoms with Gasteiger partial charge in [-0.05, 0) is 5.56 Å². The van der Waals surface area contributed by atoms with E-state index in [-0.39, 0.29) is 29.6 Å². The zero-order valence-corrected chi connectivity index (χ0v) is 13.3. The number of nitrogens with zero attached hydrogens (tertiary/aromatic N) is 3. The first-order chi connectivity index (χ1) is 9.16. The number of hydrogen-bond donors (Lipinski definition) is 1. The number of rotatable bonds is 2. The molecule has 0 saturated heterocycles. The average Bonchev–Trinajstić information content (AvgIpc) is 2.82. The van der Waals surface area contributed by atoms with Crippen molar-refractivity contribution in [3.05, 3.63) is 63.1 Å². The monoisotopic (exact) mass is 279 g/mol. The fourth-order valence-corrected chi connectivity index (χ4v) is 2.09. The van der Waals surface area contributed by atoms with Crippen molar-refractivity contribution in [2.75, 3.05) is 0 Å². The molecule has 97 valence electrons. The summed E-state index contributed by atoms with van der Waals surface area (Å²) in [7, 11) is 1.58. The molecule has 7 heteroatoms. The topological polar surface area (TPSA) is 72.7 Å². The van der Waals surface area contributed by atoms with Gasteiger partial charge in [0.05, 0.1) is 6.33 Å². The Bertz CT molecular complexity index is 848. The summed E-state index contributed by atoms with van der Waals surface area (Å²) in [6, 6.07) is 9.76. The first kappa shape index (κ1) is 14.8. The van der Waals surface area contributed by atoms with E-state index in [4.69, 9.17) is 0 Å². The predicted octanol–water partition coefficient (Wildman–Crippen LogP) is 0.0908. The Morgan fingerprint density at radius 3 is 2.60 bits per heavy atom. The molecule has 0 bridgehead atoms. The quantitative estimate of drug-likeness (QED) is 0.676. The molecule has 1 N–H and O–H groups in total. The van der Waals surface area contributed by atoms with Crippen LogP contribution in [0, 0.1) is 0 Å². The Morgan fingerprint density at radius 1 is 1.20 bits per heavy atom. The van der Waals surface area contributed by atoms with Crippen molar-refractivity contribution in [3.8, 4) is 0 Å². The van der Waals surface area contributed by atoms with E-state index in [1.54, 1.807) is 17.9 Å². The van der Waals surface area contributed by atoms with Gasteiger partial charge in [-0.25, -0.2) is 9.78 Å². The molecule has 1 radical (unpaired) electrons. The number of benzene rings is 1. The van der Waals surface area contributed by atoms with Gasteiger partial charge < -0.3 is 4.57 Å². The molecule has 0 atom stereocenters. The number of aromatic nitrogens is 4. The molecule has 0 fully saturated rings. The van der Waals surface area contributed by atoms with Crippen LogP contribution in [0.3, 0.4) is 0 Å². The number of H-pyrrole nitrogens is 1. The van der Waals surface area contributed by atoms with E-state index < -0.39 is 11.2 Å². The molecule has 2 aromatic heterocycles. The predicted molar refractivity (Wildman–Crippen MR) is 76.9 cm³/mol. The number of aromatic amines is 1. The first-order valence-electron chi connectivity index (χ1n) is 5.85. The van der Waals surface area contributed by atoms with Crippen LogP contribution in [0.4, 0.5) is 0 Å². The third-order valence-electron chi connectivity index (χ3n) is 3.07. The third-order valence-corrected chi connectivity index (χ3v) is 3.07. The molecular weight excluding hydrogens is 267 g/mol. The zero-order valence-electron chi connectivity index (χ0n) is 11.3. The van der Waals surface area contributed by atoms with Crippen molar-refractivity contribution in [3.63, 3.8) is 0 Å². The van der Waals surface area contributed by atoms with E-state index >= 15 is 0 Å². The second kappa shape index (κ2) is 5.78. The van der Waals surface area contributed by atoms with Crippen molar-refractivity contribution in [1.82, 2.24) is 19.1 Å². The maximum absolute atomic E-state index is 11.9. The smallest absolute Gasteiger partial charge is 0.320 e. The molecule has 0 aliphatic rings. The molecule has 6 nitrogen and oxygen atoms in total. The van der Waals surface area contributed by atoms with Crippen LogP contribution in [0.5, 0.6) is 0 Å². The van der Waals surface area contributed by atoms with Gasteiger partial charge >= 0.3 is 5.69 Å². The van der Waals surface area contributed by atoms with Gasteiger partial charge in [-0.3, -0.25) is 14.3 Å². The molecule has 0 aliphatic carbocycles. The molecule has 0 amide bonds. The number of fused-ring (bicyclic) bond motifs is 1. The summed E-state index contributed by atoms with van der Waals surface area (Å²) >= 11 is 0. The molecular formula is C13H12N4NaO2. The van der Waals surface area contributed by atoms with Crippen LogP contribution in [0.2, 0.25) is 0 Å². The van der Waals surface area contributed by atoms with Crippen molar-refractivity contribution in [1.29, 1.82) is 0 Å². The van der Waals surface area contributed by atoms with Crippen molar-refractivity contribution in [2.24, 2.45) is 7.05 Å². The fourth-order valence-electron chi connectivity index (χ4n) is 2.09. The summed E-state index contributed by atoms with van der Waals surface area (Å²) < 4.78 is 3.07. The maximum Gasteiger partial charge on any atom is 0.329 e. The molecule has 0 aliphatic heterocycles. The van der Waals surface area contributed by atoms with Crippen molar-refractivity contribution in [2.45, 2.75) is 6.54 Å². The van der Waals surface area contributed by atoms with E-state index in [1.165, 1.54) is 4.57 Å². The van der Waals surface area contributed by atoms with Gasteiger partial charge in [-0.2, -0.15) is 0 Å². The minimum absolute atomic E-state index is 0. The van der Waals surface area contributed by atoms with Crippen molar-refractivity contribution >= 4 is 40.7 Å². The number of hydrogen-bond acceptors (Lipinski definition) is 3. The van der Waals surface area contributed by atoms with E-state index in [1.807, 2.05) is 30.3 Å². The van der Waals surface area contributed by atoms with Crippen LogP contribution in [-0.2, 0) is 13.6 Å². The van der Waals surface area contributed by atoms with E-state index in [0.717, 1.165) is 5.56 Å². The van der Waals surface area contributed by atoms with Gasteiger partial charge in [-0.15, -0.1) is 0 Å². The van der Waals surface area contributed by atoms with Gasteiger partial charge in [0.15, 0.2) is 11.2 Å². The standard InChI is InChI=1S/C13H12N4O2.Na/c1-16-11-10(12(18)15-13(16)19)17(8-14-11)7-9-5-3-2-4-6-9;/h2-6,8H,7H2,1H3,(H,15,18,19);. The molecule has 3 rings (SSSR count). The summed E-state index contributed by atoms with van der Waals surface area (Å²) in [6.45, 7) is 0.540. The SMILES string of the molecule is Cn1c(=O)[nH]c(=O)c2c1ncn2Cc1ccccc1.[Na]. The molecule has 0 unspecified atom stereocenters. The Labute approximate surface area is 136 Å². The van der Waals surface area contributed by atoms with E-state index in [9.17, 15) is 9.59 Å². The number of aryl methyl sites for hydroxylation is 1. The second-order valence-electron chi connectivity index (χ2n) is 4.35. The molecule has 0 spiro atoms. The van der Waals surface area contributed by atoms with Gasteiger partial charge in [-0.1, -0.05) is 30.3 Å². The average molecular weight is 279 g/mol. The Hall–Kier alpha value is -1.63. The first-order valence-corrected chi connectivity index (χ1v) is 5.85. The van der Waals surface area contributed by atoms with E-state index in [0.29, 0.717) is 17.7 Å². The van der Waals surface area contributed by atoms with Crippen LogP contribution < -0.4 is 11.2 Å². The molecule has 0 saturated carbocycles. The van der Waals surface area contributed by atoms with Crippen LogP contribution in [0.25, 0.3) is 11.2 Å². The largest absolute Gasteiger partial charge is 0.329 e. The summed E-state index contributed by atoms with van der Waals surface area (Å²) in [6.07, 6.45) is 1.58. The maximum atomic E-state index is 11.9. The summed E-state index contributed by atoms with van der Waals surface area (Å²) in [5.74, 6) is 0. The summed E-state index contributed by atoms with van der Waals surface area (Å²) in [4.78, 5) is 29.8. The van der Waals surface area contributed by atoms with Crippen molar-refractivity contribution < 1.29 is 0 Å². The zero-order chi connectivity index (χ0) is 13.4. The van der Waals surface area contributed by atoms with Gasteiger partial charge in [0.1, 0.15) is 0 Å². The second-order valence-corrected chi connectivity index (χ2v) is 4.35. The Balaban J connectivity index is 0.00000147. The Morgan fingerprint density at radius 2 is 1.90 bits per heavy atom. The summed E-state index contributed by atoms with van der Waals surface area (Å²) in [5.41, 5.74) is 1.000. The minimum atomic E-state index is -0.456. The normalized spacial score (nSPS) is 10.4. The summed E-state index contributed by atoms with van der Waals surface area (Å²) in [5, 5.41) is 0. The van der Waals surface area contributed by atoms with Crippen LogP contribution in [-0.4, -0.2) is 48.7 Å². The molecule has 20 heavy (non-hydrogen) atoms. The molecule has 3 aromatic rings. The molecule has 1 aromatic carbocycles. The van der Waals surface area contributed by atoms with Gasteiger partial charge in [0.25, 0.3) is 5.56 Å². The minimum Gasteiger partial charge on any atom is -0.320 e. The Kier molecular flexibility index (Phi) is 4.27. The van der Waals surface area contributed by atoms with Gasteiger partial charge in [0, 0.05) is 43.1 Å². The fraction of sp³-hybridized carbons (Fsp3) is 0.154. The van der Waals surface area contributed by atoms with Crippen LogP contribution in [0.1, 0.15) is 5.56 Å².